The molecule has 0 amide bonds. The number of ether oxygens (including phenoxy) is 2. The molecule has 1 unspecified atom stereocenters. The van der Waals surface area contributed by atoms with Gasteiger partial charge in [0.05, 0.1) is 34.4 Å². The number of nitrogens with zero attached hydrogens (tertiary/aromatic N) is 1. The van der Waals surface area contributed by atoms with E-state index in [0.29, 0.717) is 17.6 Å². The maximum Gasteiger partial charge on any atom is 0.472 e. The van der Waals surface area contributed by atoms with E-state index in [1.165, 1.54) is 97.0 Å². The van der Waals surface area contributed by atoms with Crippen LogP contribution in [0.15, 0.2) is 12.2 Å². The molecule has 0 heterocycles. The van der Waals surface area contributed by atoms with E-state index >= 15 is 0 Å². The van der Waals surface area contributed by atoms with Crippen LogP contribution in [0, 0.1) is 0 Å². The molecule has 0 aromatic heterocycles. The molecule has 2 atom stereocenters. The average Bonchev–Trinajstić information content (AvgIpc) is 2.81. The summed E-state index contributed by atoms with van der Waals surface area (Å²) in [4.78, 5) is 9.96. The van der Waals surface area contributed by atoms with Crippen molar-refractivity contribution in [2.45, 2.75) is 116 Å². The van der Waals surface area contributed by atoms with Gasteiger partial charge in [0.15, 0.2) is 0 Å². The van der Waals surface area contributed by atoms with Crippen LogP contribution in [0.4, 0.5) is 0 Å². The molecule has 1 N–H and O–H groups in total. The van der Waals surface area contributed by atoms with Gasteiger partial charge in [-0.15, -0.1) is 0 Å². The molecular weight excluding hydrogens is 489 g/mol. The van der Waals surface area contributed by atoms with E-state index in [1.807, 2.05) is 21.1 Å². The summed E-state index contributed by atoms with van der Waals surface area (Å²) in [5, 5.41) is 0. The summed E-state index contributed by atoms with van der Waals surface area (Å²) >= 11 is 0. The minimum Gasteiger partial charge on any atom is -0.382 e. The van der Waals surface area contributed by atoms with Gasteiger partial charge in [-0.3, -0.25) is 9.05 Å². The molecule has 222 valence electrons. The maximum absolute atomic E-state index is 12.2. The highest BCUT2D eigenvalue weighted by molar-refractivity contribution is 7.47. The summed E-state index contributed by atoms with van der Waals surface area (Å²) in [6.45, 7) is 4.03. The number of quaternary nitrogens is 1. The van der Waals surface area contributed by atoms with Crippen molar-refractivity contribution in [1.82, 2.24) is 0 Å². The van der Waals surface area contributed by atoms with Gasteiger partial charge in [0.1, 0.15) is 19.3 Å². The number of hydrogen-bond acceptors (Lipinski definition) is 5. The highest BCUT2D eigenvalue weighted by atomic mass is 31.2. The van der Waals surface area contributed by atoms with Crippen LogP contribution in [0.1, 0.15) is 110 Å². The monoisotopic (exact) mass is 550 g/mol. The van der Waals surface area contributed by atoms with Crippen molar-refractivity contribution in [3.8, 4) is 0 Å². The molecule has 0 aromatic rings. The largest absolute Gasteiger partial charge is 0.472 e. The minimum atomic E-state index is -4.13. The summed E-state index contributed by atoms with van der Waals surface area (Å²) in [5.74, 6) is 0. The Hall–Kier alpha value is -0.270. The molecule has 0 fully saturated rings. The molecule has 0 bridgehead atoms. The van der Waals surface area contributed by atoms with Crippen LogP contribution in [0.3, 0.4) is 0 Å². The molecule has 0 radical (unpaired) electrons. The number of rotatable bonds is 28. The zero-order valence-electron chi connectivity index (χ0n) is 25.0. The summed E-state index contributed by atoms with van der Waals surface area (Å²) in [7, 11) is 3.38. The second-order valence-corrected chi connectivity index (χ2v) is 12.6. The fourth-order valence-corrected chi connectivity index (χ4v) is 4.84. The van der Waals surface area contributed by atoms with Gasteiger partial charge in [-0.2, -0.15) is 0 Å². The third kappa shape index (κ3) is 28.6. The van der Waals surface area contributed by atoms with Crippen molar-refractivity contribution in [2.24, 2.45) is 0 Å². The summed E-state index contributed by atoms with van der Waals surface area (Å²) < 4.78 is 34.0. The van der Waals surface area contributed by atoms with Crippen molar-refractivity contribution in [3.63, 3.8) is 0 Å². The number of likely N-dealkylation sites (N-methyl/N-ethyl adjacent to an activating group) is 1. The van der Waals surface area contributed by atoms with E-state index in [2.05, 4.69) is 19.1 Å². The first-order chi connectivity index (χ1) is 17.7. The molecule has 0 saturated heterocycles. The van der Waals surface area contributed by atoms with Gasteiger partial charge < -0.3 is 18.9 Å². The molecule has 0 aromatic carbocycles. The predicted molar refractivity (Wildman–Crippen MR) is 155 cm³/mol. The highest BCUT2D eigenvalue weighted by Gasteiger charge is 2.27. The predicted octanol–water partition coefficient (Wildman–Crippen LogP) is 7.68. The molecule has 7 nitrogen and oxygen atoms in total. The Balaban J connectivity index is 3.60. The summed E-state index contributed by atoms with van der Waals surface area (Å²) in [6, 6.07) is 0. The summed E-state index contributed by atoms with van der Waals surface area (Å²) in [5.41, 5.74) is 0. The Morgan fingerprint density at radius 1 is 0.757 bits per heavy atom. The van der Waals surface area contributed by atoms with E-state index in [-0.39, 0.29) is 19.8 Å². The number of phosphoric ester groups is 1. The van der Waals surface area contributed by atoms with Crippen LogP contribution in [-0.2, 0) is 23.1 Å². The highest BCUT2D eigenvalue weighted by Crippen LogP contribution is 2.44. The van der Waals surface area contributed by atoms with Gasteiger partial charge >= 0.3 is 7.82 Å². The quantitative estimate of drug-likeness (QED) is 0.0466. The second kappa shape index (κ2) is 24.7. The van der Waals surface area contributed by atoms with Gasteiger partial charge in [-0.25, -0.2) is 4.57 Å². The normalized spacial score (nSPS) is 14.9. The van der Waals surface area contributed by atoms with E-state index in [9.17, 15) is 9.46 Å². The van der Waals surface area contributed by atoms with Crippen molar-refractivity contribution in [1.29, 1.82) is 0 Å². The fourth-order valence-electron chi connectivity index (χ4n) is 3.96. The summed E-state index contributed by atoms with van der Waals surface area (Å²) in [6.07, 6.45) is 24.8. The first-order valence-corrected chi connectivity index (χ1v) is 16.4. The number of methoxy groups -OCH3 is 1. The van der Waals surface area contributed by atoms with Crippen molar-refractivity contribution >= 4 is 7.82 Å². The molecule has 0 aliphatic rings. The number of phosphoric acid groups is 1. The van der Waals surface area contributed by atoms with E-state index in [1.54, 1.807) is 0 Å². The van der Waals surface area contributed by atoms with E-state index in [0.717, 1.165) is 12.8 Å². The molecule has 0 saturated carbocycles. The van der Waals surface area contributed by atoms with Crippen LogP contribution in [0.2, 0.25) is 0 Å². The zero-order chi connectivity index (χ0) is 27.7. The lowest BCUT2D eigenvalue weighted by molar-refractivity contribution is -0.870. The van der Waals surface area contributed by atoms with Crippen molar-refractivity contribution < 1.29 is 32.5 Å². The Kier molecular flexibility index (Phi) is 24.6. The number of unbranched alkanes of at least 4 members (excludes halogenated alkanes) is 14. The standard InChI is InChI=1S/C29H60NO6P/c1-6-7-8-9-10-11-12-13-14-15-16-17-18-19-20-21-22-23-25-34-28-29(27-33-5)36-37(31,32)35-26-24-30(2,3)4/h12-13,29H,6-11,14-28H2,1-5H3/p+1/b13-12-/t29-/m0/s1. The number of hydrogen-bond donors (Lipinski definition) is 1. The van der Waals surface area contributed by atoms with Crippen molar-refractivity contribution in [2.75, 3.05) is 61.2 Å². The van der Waals surface area contributed by atoms with Gasteiger partial charge in [-0.1, -0.05) is 89.7 Å². The van der Waals surface area contributed by atoms with Crippen LogP contribution < -0.4 is 0 Å². The third-order valence-electron chi connectivity index (χ3n) is 6.26. The topological polar surface area (TPSA) is 74.2 Å². The van der Waals surface area contributed by atoms with Gasteiger partial charge in [-0.05, 0) is 32.1 Å². The smallest absolute Gasteiger partial charge is 0.382 e. The molecule has 0 aliphatic carbocycles. The SMILES string of the molecule is CCCCCCC/C=C\CCCCCCCCCCCOC[C@H](COC)OP(=O)(O)OCC[N+](C)(C)C. The lowest BCUT2D eigenvalue weighted by Crippen LogP contribution is -2.37. The Morgan fingerprint density at radius 3 is 1.78 bits per heavy atom. The van der Waals surface area contributed by atoms with Crippen LogP contribution in [0.5, 0.6) is 0 Å². The Morgan fingerprint density at radius 2 is 1.27 bits per heavy atom. The minimum absolute atomic E-state index is 0.147. The number of allylic oxidation sites excluding steroid dienone is 2. The molecule has 0 aliphatic heterocycles. The van der Waals surface area contributed by atoms with Crippen LogP contribution >= 0.6 is 7.82 Å². The van der Waals surface area contributed by atoms with E-state index in [4.69, 9.17) is 18.5 Å². The lowest BCUT2D eigenvalue weighted by atomic mass is 10.1. The first kappa shape index (κ1) is 36.7. The fraction of sp³-hybridized carbons (Fsp3) is 0.931. The molecule has 8 heteroatoms. The molecule has 0 rings (SSSR count). The molecule has 37 heavy (non-hydrogen) atoms. The van der Waals surface area contributed by atoms with Crippen LogP contribution in [0.25, 0.3) is 0 Å². The Bertz CT molecular complexity index is 567. The zero-order valence-corrected chi connectivity index (χ0v) is 25.9. The first-order valence-electron chi connectivity index (χ1n) is 14.9. The molecule has 0 spiro atoms. The lowest BCUT2D eigenvalue weighted by Gasteiger charge is -2.25. The van der Waals surface area contributed by atoms with Gasteiger partial charge in [0, 0.05) is 13.7 Å². The second-order valence-electron chi connectivity index (χ2n) is 11.2. The van der Waals surface area contributed by atoms with Gasteiger partial charge in [0.25, 0.3) is 0 Å². The van der Waals surface area contributed by atoms with Crippen LogP contribution in [-0.4, -0.2) is 76.7 Å². The average molecular weight is 551 g/mol. The Labute approximate surface area is 229 Å². The third-order valence-corrected chi connectivity index (χ3v) is 7.33. The van der Waals surface area contributed by atoms with E-state index < -0.39 is 13.9 Å². The van der Waals surface area contributed by atoms with Gasteiger partial charge in [0.2, 0.25) is 0 Å². The van der Waals surface area contributed by atoms with Crippen molar-refractivity contribution in [3.05, 3.63) is 12.2 Å². The maximum atomic E-state index is 12.2. The molecular formula is C29H61NO6P+.